The minimum absolute atomic E-state index is 0.501. The molecule has 0 aromatic heterocycles. The molecule has 2 heterocycles. The van der Waals surface area contributed by atoms with E-state index in [1.165, 1.54) is 0 Å². The predicted molar refractivity (Wildman–Crippen MR) is 66.8 cm³/mol. The van der Waals surface area contributed by atoms with Crippen molar-refractivity contribution in [2.24, 2.45) is 0 Å². The van der Waals surface area contributed by atoms with Gasteiger partial charge in [-0.3, -0.25) is 9.69 Å². The molecule has 4 heteroatoms. The molecule has 0 aliphatic carbocycles. The smallest absolute Gasteiger partial charge is 0.325 e. The maximum atomic E-state index is 11.5. The van der Waals surface area contributed by atoms with Crippen molar-refractivity contribution in [2.45, 2.75) is 25.3 Å². The number of likely N-dealkylation sites (tertiary alicyclic amines) is 1. The highest BCUT2D eigenvalue weighted by molar-refractivity contribution is 5.76. The molecule has 2 aliphatic rings. The number of rotatable bonds is 3. The fourth-order valence-corrected chi connectivity index (χ4v) is 2.89. The second kappa shape index (κ2) is 4.61. The van der Waals surface area contributed by atoms with Crippen LogP contribution in [0.5, 0.6) is 5.75 Å². The summed E-state index contributed by atoms with van der Waals surface area (Å²) >= 11 is 0. The predicted octanol–water partition coefficient (Wildman–Crippen LogP) is 1.84. The molecule has 1 fully saturated rings. The molecular weight excluding hydrogens is 230 g/mol. The van der Waals surface area contributed by atoms with Crippen molar-refractivity contribution in [3.63, 3.8) is 0 Å². The van der Waals surface area contributed by atoms with Crippen LogP contribution in [-0.2, 0) is 11.2 Å². The Morgan fingerprint density at radius 2 is 2.11 bits per heavy atom. The monoisotopic (exact) mass is 247 g/mol. The normalized spacial score (nSPS) is 20.4. The first kappa shape index (κ1) is 11.5. The number of hydrogen-bond donors (Lipinski definition) is 1. The van der Waals surface area contributed by atoms with Gasteiger partial charge in [0.05, 0.1) is 6.61 Å². The van der Waals surface area contributed by atoms with E-state index in [-0.39, 0.29) is 0 Å². The van der Waals surface area contributed by atoms with Crippen molar-refractivity contribution in [3.8, 4) is 5.75 Å². The third-order valence-corrected chi connectivity index (χ3v) is 3.77. The van der Waals surface area contributed by atoms with Crippen LogP contribution in [-0.4, -0.2) is 35.7 Å². The summed E-state index contributed by atoms with van der Waals surface area (Å²) in [4.78, 5) is 13.6. The van der Waals surface area contributed by atoms with Crippen LogP contribution < -0.4 is 4.74 Å². The molecular formula is C14H17NO3. The highest BCUT2D eigenvalue weighted by Gasteiger charge is 2.30. The average molecular weight is 247 g/mol. The van der Waals surface area contributed by atoms with Gasteiger partial charge in [0.15, 0.2) is 0 Å². The zero-order chi connectivity index (χ0) is 12.5. The highest BCUT2D eigenvalue weighted by atomic mass is 16.5. The van der Waals surface area contributed by atoms with Crippen LogP contribution >= 0.6 is 0 Å². The first-order valence-electron chi connectivity index (χ1n) is 6.48. The van der Waals surface area contributed by atoms with Gasteiger partial charge in [0, 0.05) is 6.42 Å². The van der Waals surface area contributed by atoms with Gasteiger partial charge in [-0.25, -0.2) is 0 Å². The van der Waals surface area contributed by atoms with Crippen LogP contribution in [0.25, 0.3) is 0 Å². The van der Waals surface area contributed by atoms with Crippen molar-refractivity contribution < 1.29 is 14.6 Å². The third-order valence-electron chi connectivity index (χ3n) is 3.77. The topological polar surface area (TPSA) is 49.8 Å². The van der Waals surface area contributed by atoms with E-state index >= 15 is 0 Å². The molecule has 1 aromatic rings. The van der Waals surface area contributed by atoms with Crippen molar-refractivity contribution in [2.75, 3.05) is 19.7 Å². The minimum atomic E-state index is -0.754. The molecule has 3 rings (SSSR count). The molecule has 0 radical (unpaired) electrons. The summed E-state index contributed by atoms with van der Waals surface area (Å²) in [5.41, 5.74) is 2.02. The summed E-state index contributed by atoms with van der Waals surface area (Å²) in [5, 5.41) is 9.46. The van der Waals surface area contributed by atoms with Crippen LogP contribution in [0, 0.1) is 0 Å². The molecule has 18 heavy (non-hydrogen) atoms. The quantitative estimate of drug-likeness (QED) is 0.885. The first-order valence-corrected chi connectivity index (χ1v) is 6.48. The van der Waals surface area contributed by atoms with Crippen molar-refractivity contribution in [1.29, 1.82) is 0 Å². The van der Waals surface area contributed by atoms with Gasteiger partial charge in [0.2, 0.25) is 0 Å². The van der Waals surface area contributed by atoms with E-state index in [0.717, 1.165) is 49.2 Å². The molecule has 0 saturated carbocycles. The number of nitrogens with zero attached hydrogens (tertiary/aromatic N) is 1. The van der Waals surface area contributed by atoms with E-state index in [1.54, 1.807) is 0 Å². The lowest BCUT2D eigenvalue weighted by atomic mass is 10.0. The molecule has 1 saturated heterocycles. The molecule has 1 N–H and O–H groups in total. The van der Waals surface area contributed by atoms with Crippen LogP contribution in [0.15, 0.2) is 18.2 Å². The van der Waals surface area contributed by atoms with Gasteiger partial charge in [0.1, 0.15) is 11.8 Å². The second-order valence-electron chi connectivity index (χ2n) is 4.95. The standard InChI is InChI=1S/C14H17NO3/c16-14(17)13(15-6-1-2-7-15)11-3-4-12-10(9-11)5-8-18-12/h3-4,9,13H,1-2,5-8H2,(H,16,17). The molecule has 1 unspecified atom stereocenters. The lowest BCUT2D eigenvalue weighted by molar-refractivity contribution is -0.143. The number of carboxylic acids is 1. The summed E-state index contributed by atoms with van der Waals surface area (Å²) in [7, 11) is 0. The van der Waals surface area contributed by atoms with Gasteiger partial charge >= 0.3 is 5.97 Å². The zero-order valence-corrected chi connectivity index (χ0v) is 10.3. The van der Waals surface area contributed by atoms with Gasteiger partial charge in [-0.2, -0.15) is 0 Å². The summed E-state index contributed by atoms with van der Waals surface area (Å²) < 4.78 is 5.46. The lowest BCUT2D eigenvalue weighted by Gasteiger charge is -2.24. The minimum Gasteiger partial charge on any atom is -0.493 e. The largest absolute Gasteiger partial charge is 0.493 e. The Morgan fingerprint density at radius 3 is 2.83 bits per heavy atom. The Kier molecular flexibility index (Phi) is 2.96. The van der Waals surface area contributed by atoms with Gasteiger partial charge in [-0.05, 0) is 49.2 Å². The number of carbonyl (C=O) groups is 1. The number of ether oxygens (including phenoxy) is 1. The van der Waals surface area contributed by atoms with Crippen molar-refractivity contribution in [1.82, 2.24) is 4.90 Å². The Hall–Kier alpha value is -1.55. The van der Waals surface area contributed by atoms with Gasteiger partial charge < -0.3 is 9.84 Å². The molecule has 0 spiro atoms. The van der Waals surface area contributed by atoms with E-state index < -0.39 is 12.0 Å². The van der Waals surface area contributed by atoms with E-state index in [2.05, 4.69) is 4.90 Å². The molecule has 2 aliphatic heterocycles. The number of aliphatic carboxylic acids is 1. The van der Waals surface area contributed by atoms with Crippen LogP contribution in [0.2, 0.25) is 0 Å². The van der Waals surface area contributed by atoms with Crippen LogP contribution in [0.1, 0.15) is 30.0 Å². The van der Waals surface area contributed by atoms with E-state index in [1.807, 2.05) is 18.2 Å². The third kappa shape index (κ3) is 1.97. The summed E-state index contributed by atoms with van der Waals surface area (Å²) in [6.45, 7) is 2.47. The van der Waals surface area contributed by atoms with Gasteiger partial charge in [-0.15, -0.1) is 0 Å². The zero-order valence-electron chi connectivity index (χ0n) is 10.3. The van der Waals surface area contributed by atoms with E-state index in [0.29, 0.717) is 6.61 Å². The molecule has 96 valence electrons. The SMILES string of the molecule is O=C(O)C(c1ccc2c(c1)CCO2)N1CCCC1. The van der Waals surface area contributed by atoms with Crippen LogP contribution in [0.4, 0.5) is 0 Å². The number of fused-ring (bicyclic) bond motifs is 1. The fraction of sp³-hybridized carbons (Fsp3) is 0.500. The van der Waals surface area contributed by atoms with Crippen molar-refractivity contribution >= 4 is 5.97 Å². The lowest BCUT2D eigenvalue weighted by Crippen LogP contribution is -2.31. The Balaban J connectivity index is 1.92. The average Bonchev–Trinajstić information content (AvgIpc) is 2.98. The van der Waals surface area contributed by atoms with E-state index in [4.69, 9.17) is 4.74 Å². The summed E-state index contributed by atoms with van der Waals surface area (Å²) in [5.74, 6) is 0.153. The Bertz CT molecular complexity index is 466. The van der Waals surface area contributed by atoms with E-state index in [9.17, 15) is 9.90 Å². The van der Waals surface area contributed by atoms with Gasteiger partial charge in [-0.1, -0.05) is 6.07 Å². The molecule has 1 atom stereocenters. The Labute approximate surface area is 106 Å². The number of benzene rings is 1. The fourth-order valence-electron chi connectivity index (χ4n) is 2.89. The number of carboxylic acid groups (broad SMARTS) is 1. The molecule has 4 nitrogen and oxygen atoms in total. The maximum Gasteiger partial charge on any atom is 0.325 e. The summed E-state index contributed by atoms with van der Waals surface area (Å²) in [6.07, 6.45) is 3.07. The molecule has 0 bridgehead atoms. The second-order valence-corrected chi connectivity index (χ2v) is 4.95. The summed E-state index contributed by atoms with van der Waals surface area (Å²) in [6, 6.07) is 5.29. The van der Waals surface area contributed by atoms with Gasteiger partial charge in [0.25, 0.3) is 0 Å². The van der Waals surface area contributed by atoms with Crippen LogP contribution in [0.3, 0.4) is 0 Å². The maximum absolute atomic E-state index is 11.5. The highest BCUT2D eigenvalue weighted by Crippen LogP contribution is 2.31. The first-order chi connectivity index (χ1) is 8.75. The molecule has 1 aromatic carbocycles. The van der Waals surface area contributed by atoms with Crippen molar-refractivity contribution in [3.05, 3.63) is 29.3 Å². The Morgan fingerprint density at radius 1 is 1.33 bits per heavy atom. The molecule has 0 amide bonds. The number of hydrogen-bond acceptors (Lipinski definition) is 3.